The third-order valence-corrected chi connectivity index (χ3v) is 5.09. The van der Waals surface area contributed by atoms with E-state index in [1.165, 1.54) is 11.8 Å². The first-order valence-corrected chi connectivity index (χ1v) is 9.70. The van der Waals surface area contributed by atoms with Gasteiger partial charge in [0.25, 0.3) is 0 Å². The van der Waals surface area contributed by atoms with E-state index in [0.29, 0.717) is 32.0 Å². The predicted molar refractivity (Wildman–Crippen MR) is 113 cm³/mol. The van der Waals surface area contributed by atoms with Crippen molar-refractivity contribution in [3.63, 3.8) is 0 Å². The summed E-state index contributed by atoms with van der Waals surface area (Å²) in [7, 11) is 1.55. The molecule has 3 rings (SSSR count). The normalized spacial score (nSPS) is 16.7. The maximum Gasteiger partial charge on any atom is 0.344 e. The van der Waals surface area contributed by atoms with Crippen molar-refractivity contribution in [2.75, 3.05) is 13.7 Å². The zero-order valence-corrected chi connectivity index (χ0v) is 16.9. The van der Waals surface area contributed by atoms with Crippen LogP contribution in [0.3, 0.4) is 0 Å². The molecule has 0 aliphatic carbocycles. The van der Waals surface area contributed by atoms with Gasteiger partial charge in [-0.05, 0) is 43.3 Å². The van der Waals surface area contributed by atoms with E-state index in [4.69, 9.17) is 21.1 Å². The minimum absolute atomic E-state index is 0.0444. The second-order valence-electron chi connectivity index (χ2n) is 5.69. The number of aliphatic imine (C=N–C) groups is 1. The number of ether oxygens (including phenoxy) is 2. The maximum absolute atomic E-state index is 12.4. The topological polar surface area (TPSA) is 68.1 Å². The van der Waals surface area contributed by atoms with E-state index in [9.17, 15) is 9.90 Å². The molecule has 0 unspecified atom stereocenters. The van der Waals surface area contributed by atoms with Crippen LogP contribution in [0.1, 0.15) is 12.5 Å². The summed E-state index contributed by atoms with van der Waals surface area (Å²) in [6, 6.07) is 14.4. The molecule has 144 valence electrons. The molecule has 0 amide bonds. The standard InChI is InChI=1S/C21H18ClNO4S/c1-3-27-21(25)18-19(24)17(12-13-11-14(22)9-10-16(13)26-2)28-20(18)23-15-7-5-4-6-8-15/h4-12,24H,3H2,1-2H3. The SMILES string of the molecule is CCOC(=O)C1=C(O)C(=Cc2cc(Cl)ccc2OC)SC1=Nc1ccccc1. The molecule has 0 saturated heterocycles. The summed E-state index contributed by atoms with van der Waals surface area (Å²) in [6.07, 6.45) is 1.71. The van der Waals surface area contributed by atoms with E-state index in [1.807, 2.05) is 30.3 Å². The van der Waals surface area contributed by atoms with Gasteiger partial charge in [0.1, 0.15) is 22.1 Å². The van der Waals surface area contributed by atoms with Gasteiger partial charge in [0.2, 0.25) is 0 Å². The Balaban J connectivity index is 2.08. The third-order valence-electron chi connectivity index (χ3n) is 3.84. The molecule has 7 heteroatoms. The second-order valence-corrected chi connectivity index (χ2v) is 7.16. The van der Waals surface area contributed by atoms with Crippen molar-refractivity contribution in [3.8, 4) is 5.75 Å². The summed E-state index contributed by atoms with van der Waals surface area (Å²) >= 11 is 7.27. The van der Waals surface area contributed by atoms with E-state index in [-0.39, 0.29) is 17.9 Å². The Labute approximate surface area is 172 Å². The molecule has 0 fully saturated rings. The number of thioether (sulfide) groups is 1. The van der Waals surface area contributed by atoms with Gasteiger partial charge in [-0.1, -0.05) is 41.6 Å². The van der Waals surface area contributed by atoms with Gasteiger partial charge < -0.3 is 14.6 Å². The monoisotopic (exact) mass is 415 g/mol. The van der Waals surface area contributed by atoms with E-state index in [0.717, 1.165) is 0 Å². The fourth-order valence-corrected chi connectivity index (χ4v) is 3.78. The quantitative estimate of drug-likeness (QED) is 0.649. The van der Waals surface area contributed by atoms with E-state index in [1.54, 1.807) is 38.3 Å². The highest BCUT2D eigenvalue weighted by Gasteiger charge is 2.33. The molecule has 0 bridgehead atoms. The highest BCUT2D eigenvalue weighted by molar-refractivity contribution is 8.18. The lowest BCUT2D eigenvalue weighted by molar-refractivity contribution is -0.138. The number of aliphatic hydroxyl groups excluding tert-OH is 1. The number of para-hydroxylation sites is 1. The highest BCUT2D eigenvalue weighted by Crippen LogP contribution is 2.41. The van der Waals surface area contributed by atoms with Crippen LogP contribution in [0, 0.1) is 0 Å². The average molecular weight is 416 g/mol. The van der Waals surface area contributed by atoms with Gasteiger partial charge in [-0.2, -0.15) is 0 Å². The van der Waals surface area contributed by atoms with E-state index in [2.05, 4.69) is 4.99 Å². The molecular formula is C21H18ClNO4S. The molecule has 1 heterocycles. The van der Waals surface area contributed by atoms with Crippen molar-refractivity contribution < 1.29 is 19.4 Å². The smallest absolute Gasteiger partial charge is 0.344 e. The summed E-state index contributed by atoms with van der Waals surface area (Å²) in [6.45, 7) is 1.90. The van der Waals surface area contributed by atoms with Crippen LogP contribution < -0.4 is 4.74 Å². The Morgan fingerprint density at radius 1 is 1.25 bits per heavy atom. The summed E-state index contributed by atoms with van der Waals surface area (Å²) in [5.74, 6) is -0.208. The fraction of sp³-hybridized carbons (Fsp3) is 0.143. The van der Waals surface area contributed by atoms with E-state index >= 15 is 0 Å². The highest BCUT2D eigenvalue weighted by atomic mass is 35.5. The van der Waals surface area contributed by atoms with Gasteiger partial charge >= 0.3 is 5.97 Å². The largest absolute Gasteiger partial charge is 0.506 e. The number of nitrogens with zero attached hydrogens (tertiary/aromatic N) is 1. The van der Waals surface area contributed by atoms with Crippen molar-refractivity contribution >= 4 is 46.1 Å². The van der Waals surface area contributed by atoms with Gasteiger partial charge in [0.15, 0.2) is 0 Å². The van der Waals surface area contributed by atoms with Crippen LogP contribution in [0.2, 0.25) is 5.02 Å². The Bertz CT molecular complexity index is 983. The molecule has 2 aromatic carbocycles. The van der Waals surface area contributed by atoms with Crippen LogP contribution in [-0.2, 0) is 9.53 Å². The summed E-state index contributed by atoms with van der Waals surface area (Å²) in [5.41, 5.74) is 1.39. The number of halogens is 1. The maximum atomic E-state index is 12.4. The van der Waals surface area contributed by atoms with E-state index < -0.39 is 5.97 Å². The lowest BCUT2D eigenvalue weighted by Crippen LogP contribution is -2.12. The lowest BCUT2D eigenvalue weighted by Gasteiger charge is -2.06. The Hall–Kier alpha value is -2.70. The molecule has 5 nitrogen and oxygen atoms in total. The molecule has 1 N–H and O–H groups in total. The molecule has 0 aromatic heterocycles. The van der Waals surface area contributed by atoms with Crippen molar-refractivity contribution in [3.05, 3.63) is 75.4 Å². The summed E-state index contributed by atoms with van der Waals surface area (Å²) in [4.78, 5) is 17.4. The van der Waals surface area contributed by atoms with Gasteiger partial charge in [0.05, 0.1) is 24.3 Å². The van der Waals surface area contributed by atoms with Crippen LogP contribution in [0.15, 0.2) is 69.8 Å². The minimum atomic E-state index is -0.622. The molecule has 0 radical (unpaired) electrons. The number of aliphatic hydroxyl groups is 1. The Kier molecular flexibility index (Phi) is 6.44. The third kappa shape index (κ3) is 4.40. The summed E-state index contributed by atoms with van der Waals surface area (Å²) in [5, 5.41) is 11.6. The number of methoxy groups -OCH3 is 1. The van der Waals surface area contributed by atoms with Gasteiger partial charge in [0, 0.05) is 10.6 Å². The molecule has 1 aliphatic rings. The van der Waals surface area contributed by atoms with Gasteiger partial charge in [-0.3, -0.25) is 0 Å². The van der Waals surface area contributed by atoms with Crippen molar-refractivity contribution in [1.82, 2.24) is 0 Å². The number of carbonyl (C=O) groups is 1. The first kappa shape index (κ1) is 20.0. The molecule has 28 heavy (non-hydrogen) atoms. The molecule has 0 saturated carbocycles. The molecule has 0 atom stereocenters. The molecule has 2 aromatic rings. The number of hydrogen-bond donors (Lipinski definition) is 1. The minimum Gasteiger partial charge on any atom is -0.506 e. The predicted octanol–water partition coefficient (Wildman–Crippen LogP) is 5.54. The number of benzene rings is 2. The van der Waals surface area contributed by atoms with Gasteiger partial charge in [-0.15, -0.1) is 0 Å². The molecular weight excluding hydrogens is 398 g/mol. The zero-order chi connectivity index (χ0) is 20.1. The zero-order valence-electron chi connectivity index (χ0n) is 15.3. The van der Waals surface area contributed by atoms with Crippen LogP contribution in [0.4, 0.5) is 5.69 Å². The van der Waals surface area contributed by atoms with Crippen LogP contribution >= 0.6 is 23.4 Å². The number of esters is 1. The molecule has 0 spiro atoms. The van der Waals surface area contributed by atoms with Crippen LogP contribution in [0.25, 0.3) is 6.08 Å². The number of rotatable bonds is 5. The Morgan fingerprint density at radius 2 is 2.00 bits per heavy atom. The number of hydrogen-bond acceptors (Lipinski definition) is 6. The summed E-state index contributed by atoms with van der Waals surface area (Å²) < 4.78 is 10.5. The lowest BCUT2D eigenvalue weighted by atomic mass is 10.1. The van der Waals surface area contributed by atoms with Gasteiger partial charge in [-0.25, -0.2) is 9.79 Å². The average Bonchev–Trinajstić information content (AvgIpc) is 2.98. The first-order chi connectivity index (χ1) is 13.5. The number of carbonyl (C=O) groups excluding carboxylic acids is 1. The van der Waals surface area contributed by atoms with Crippen molar-refractivity contribution in [2.24, 2.45) is 4.99 Å². The first-order valence-electron chi connectivity index (χ1n) is 8.51. The Morgan fingerprint density at radius 3 is 2.68 bits per heavy atom. The van der Waals surface area contributed by atoms with Crippen LogP contribution in [-0.4, -0.2) is 29.8 Å². The van der Waals surface area contributed by atoms with Crippen LogP contribution in [0.5, 0.6) is 5.75 Å². The van der Waals surface area contributed by atoms with Crippen molar-refractivity contribution in [2.45, 2.75) is 6.92 Å². The molecule has 1 aliphatic heterocycles. The fourth-order valence-electron chi connectivity index (χ4n) is 2.57. The van der Waals surface area contributed by atoms with Crippen molar-refractivity contribution in [1.29, 1.82) is 0 Å². The second kappa shape index (κ2) is 8.99.